The summed E-state index contributed by atoms with van der Waals surface area (Å²) in [6.07, 6.45) is -0.772. The van der Waals surface area contributed by atoms with Crippen molar-refractivity contribution in [2.45, 2.75) is 46.0 Å². The van der Waals surface area contributed by atoms with Crippen LogP contribution in [0.1, 0.15) is 50.5 Å². The number of aromatic amines is 1. The summed E-state index contributed by atoms with van der Waals surface area (Å²) in [5.41, 5.74) is 8.18. The first-order valence-electron chi connectivity index (χ1n) is 10.9. The highest BCUT2D eigenvalue weighted by Gasteiger charge is 2.28. The van der Waals surface area contributed by atoms with E-state index in [-0.39, 0.29) is 18.3 Å². The van der Waals surface area contributed by atoms with Crippen LogP contribution in [0.3, 0.4) is 0 Å². The molecule has 0 aliphatic carbocycles. The van der Waals surface area contributed by atoms with Crippen molar-refractivity contribution >= 4 is 49.8 Å². The number of benzene rings is 2. The molecule has 1 heterocycles. The van der Waals surface area contributed by atoms with E-state index in [4.69, 9.17) is 15.2 Å². The lowest BCUT2D eigenvalue weighted by Crippen LogP contribution is -2.25. The molecule has 0 fully saturated rings. The fraction of sp³-hybridized carbons (Fsp3) is 0.360. The molecule has 0 radical (unpaired) electrons. The van der Waals surface area contributed by atoms with Gasteiger partial charge in [0.25, 0.3) is 5.91 Å². The van der Waals surface area contributed by atoms with E-state index in [9.17, 15) is 14.4 Å². The standard InChI is InChI=1S/C25H29N3O5S2/c1-24(2,3)22(30)34-35-25(4,5)14-33-23(31)32-13-15-9-11-16(12-10-15)21-27-18-8-6-7-17(20(26)29)19(18)28-21/h6-12H,13-14H2,1-5H3,(H2,26,29)(H,27,28). The fourth-order valence-electron chi connectivity index (χ4n) is 2.84. The monoisotopic (exact) mass is 515 g/mol. The molecule has 1 amide bonds. The maximum Gasteiger partial charge on any atom is 0.508 e. The van der Waals surface area contributed by atoms with Crippen LogP contribution < -0.4 is 5.73 Å². The molecular formula is C25H29N3O5S2. The van der Waals surface area contributed by atoms with E-state index in [0.717, 1.165) is 11.1 Å². The van der Waals surface area contributed by atoms with Crippen LogP contribution in [-0.2, 0) is 20.9 Å². The molecule has 3 N–H and O–H groups in total. The van der Waals surface area contributed by atoms with Crippen molar-refractivity contribution in [1.29, 1.82) is 0 Å². The number of nitrogens with one attached hydrogen (secondary N) is 1. The van der Waals surface area contributed by atoms with Gasteiger partial charge in [0, 0.05) is 11.0 Å². The molecule has 2 aromatic carbocycles. The number of aromatic nitrogens is 2. The molecule has 10 heteroatoms. The molecule has 0 aliphatic heterocycles. The lowest BCUT2D eigenvalue weighted by molar-refractivity contribution is -0.117. The number of nitrogens with two attached hydrogens (primary N) is 1. The van der Waals surface area contributed by atoms with Crippen molar-refractivity contribution in [1.82, 2.24) is 9.97 Å². The van der Waals surface area contributed by atoms with Crippen molar-refractivity contribution in [2.75, 3.05) is 6.61 Å². The summed E-state index contributed by atoms with van der Waals surface area (Å²) < 4.78 is 10.0. The SMILES string of the molecule is CC(C)(COC(=O)OCc1ccc(-c2nc3c(C(N)=O)cccc3[nH]2)cc1)SSC(=O)C(C)(C)C. The molecule has 8 nitrogen and oxygen atoms in total. The molecular weight excluding hydrogens is 486 g/mol. The van der Waals surface area contributed by atoms with Crippen LogP contribution in [0.5, 0.6) is 0 Å². The number of para-hydroxylation sites is 1. The Morgan fingerprint density at radius 1 is 1.00 bits per heavy atom. The second-order valence-electron chi connectivity index (χ2n) is 9.64. The number of rotatable bonds is 8. The Bertz CT molecular complexity index is 1230. The maximum absolute atomic E-state index is 12.1. The summed E-state index contributed by atoms with van der Waals surface area (Å²) in [5.74, 6) is 0.0651. The zero-order valence-corrected chi connectivity index (χ0v) is 22.0. The molecule has 0 saturated carbocycles. The summed E-state index contributed by atoms with van der Waals surface area (Å²) in [6, 6.07) is 12.5. The lowest BCUT2D eigenvalue weighted by atomic mass is 10.00. The highest BCUT2D eigenvalue weighted by atomic mass is 33.1. The highest BCUT2D eigenvalue weighted by molar-refractivity contribution is 8.82. The minimum atomic E-state index is -0.772. The number of carbonyl (C=O) groups is 3. The highest BCUT2D eigenvalue weighted by Crippen LogP contribution is 2.40. The van der Waals surface area contributed by atoms with Gasteiger partial charge in [-0.05, 0) is 42.3 Å². The van der Waals surface area contributed by atoms with E-state index in [2.05, 4.69) is 9.97 Å². The third-order valence-corrected chi connectivity index (χ3v) is 8.33. The van der Waals surface area contributed by atoms with Crippen LogP contribution in [0.25, 0.3) is 22.4 Å². The molecule has 0 unspecified atom stereocenters. The summed E-state index contributed by atoms with van der Waals surface area (Å²) in [7, 11) is 2.54. The predicted octanol–water partition coefficient (Wildman–Crippen LogP) is 5.71. The Balaban J connectivity index is 1.52. The molecule has 0 atom stereocenters. The average Bonchev–Trinajstić information content (AvgIpc) is 3.24. The van der Waals surface area contributed by atoms with Crippen molar-refractivity contribution in [3.8, 4) is 11.4 Å². The summed E-state index contributed by atoms with van der Waals surface area (Å²) in [5, 5.41) is 0.0672. The third-order valence-electron chi connectivity index (χ3n) is 4.86. The molecule has 0 saturated heterocycles. The number of primary amides is 1. The zero-order chi connectivity index (χ0) is 25.8. The molecule has 0 spiro atoms. The van der Waals surface area contributed by atoms with Gasteiger partial charge in [-0.2, -0.15) is 0 Å². The smallest absolute Gasteiger partial charge is 0.433 e. The van der Waals surface area contributed by atoms with E-state index in [0.29, 0.717) is 22.4 Å². The average molecular weight is 516 g/mol. The van der Waals surface area contributed by atoms with E-state index >= 15 is 0 Å². The van der Waals surface area contributed by atoms with Crippen LogP contribution in [0, 0.1) is 5.41 Å². The summed E-state index contributed by atoms with van der Waals surface area (Å²) in [4.78, 5) is 43.5. The Hall–Kier alpha value is -2.98. The Morgan fingerprint density at radius 2 is 1.69 bits per heavy atom. The first-order chi connectivity index (χ1) is 16.4. The van der Waals surface area contributed by atoms with Crippen molar-refractivity contribution in [3.05, 3.63) is 53.6 Å². The quantitative estimate of drug-likeness (QED) is 0.288. The predicted molar refractivity (Wildman–Crippen MR) is 140 cm³/mol. The number of hydrogen-bond acceptors (Lipinski definition) is 8. The Morgan fingerprint density at radius 3 is 2.31 bits per heavy atom. The number of hydrogen-bond donors (Lipinski definition) is 2. The zero-order valence-electron chi connectivity index (χ0n) is 20.3. The number of amides is 1. The lowest BCUT2D eigenvalue weighted by Gasteiger charge is -2.24. The van der Waals surface area contributed by atoms with Gasteiger partial charge in [0.15, 0.2) is 0 Å². The number of fused-ring (bicyclic) bond motifs is 1. The van der Waals surface area contributed by atoms with Crippen LogP contribution in [0.15, 0.2) is 42.5 Å². The van der Waals surface area contributed by atoms with Crippen molar-refractivity contribution in [2.24, 2.45) is 11.1 Å². The van der Waals surface area contributed by atoms with Gasteiger partial charge in [-0.25, -0.2) is 9.78 Å². The maximum atomic E-state index is 12.1. The summed E-state index contributed by atoms with van der Waals surface area (Å²) in [6.45, 7) is 9.56. The largest absolute Gasteiger partial charge is 0.508 e. The number of ether oxygens (including phenoxy) is 2. The van der Waals surface area contributed by atoms with Gasteiger partial charge in [-0.1, -0.05) is 61.9 Å². The molecule has 186 valence electrons. The van der Waals surface area contributed by atoms with E-state index < -0.39 is 22.2 Å². The first-order valence-corrected chi connectivity index (χ1v) is 13.1. The molecule has 3 aromatic rings. The number of H-pyrrole nitrogens is 1. The van der Waals surface area contributed by atoms with Gasteiger partial charge in [0.2, 0.25) is 5.12 Å². The van der Waals surface area contributed by atoms with Gasteiger partial charge < -0.3 is 20.2 Å². The van der Waals surface area contributed by atoms with Crippen LogP contribution in [0.2, 0.25) is 0 Å². The normalized spacial score (nSPS) is 11.9. The van der Waals surface area contributed by atoms with Gasteiger partial charge in [-0.3, -0.25) is 9.59 Å². The van der Waals surface area contributed by atoms with E-state index in [1.165, 1.54) is 21.6 Å². The van der Waals surface area contributed by atoms with Gasteiger partial charge in [-0.15, -0.1) is 0 Å². The molecule has 0 aliphatic rings. The van der Waals surface area contributed by atoms with Gasteiger partial charge >= 0.3 is 6.16 Å². The van der Waals surface area contributed by atoms with E-state index in [1.54, 1.807) is 12.1 Å². The molecule has 0 bridgehead atoms. The molecule has 3 rings (SSSR count). The van der Waals surface area contributed by atoms with Gasteiger partial charge in [0.1, 0.15) is 24.6 Å². The van der Waals surface area contributed by atoms with Crippen molar-refractivity contribution < 1.29 is 23.9 Å². The number of nitrogens with zero attached hydrogens (tertiary/aromatic N) is 1. The molecule has 1 aromatic heterocycles. The van der Waals surface area contributed by atoms with Crippen LogP contribution >= 0.6 is 21.6 Å². The molecule has 35 heavy (non-hydrogen) atoms. The Kier molecular flexibility index (Phi) is 8.17. The third kappa shape index (κ3) is 7.25. The second kappa shape index (κ2) is 10.7. The summed E-state index contributed by atoms with van der Waals surface area (Å²) >= 11 is 0. The van der Waals surface area contributed by atoms with Crippen LogP contribution in [-0.4, -0.2) is 38.5 Å². The fourth-order valence-corrected chi connectivity index (χ4v) is 5.30. The second-order valence-corrected chi connectivity index (χ2v) is 12.4. The minimum Gasteiger partial charge on any atom is -0.433 e. The number of carbonyl (C=O) groups excluding carboxylic acids is 3. The van der Waals surface area contributed by atoms with Crippen LogP contribution in [0.4, 0.5) is 4.79 Å². The first kappa shape index (κ1) is 26.6. The van der Waals surface area contributed by atoms with Crippen molar-refractivity contribution in [3.63, 3.8) is 0 Å². The minimum absolute atomic E-state index is 0.0515. The number of imidazole rings is 1. The van der Waals surface area contributed by atoms with Gasteiger partial charge in [0.05, 0.1) is 15.8 Å². The topological polar surface area (TPSA) is 124 Å². The Labute approximate surface area is 212 Å². The van der Waals surface area contributed by atoms with E-state index in [1.807, 2.05) is 65.0 Å².